The van der Waals surface area contributed by atoms with E-state index in [2.05, 4.69) is 36.4 Å². The van der Waals surface area contributed by atoms with Gasteiger partial charge in [0.05, 0.1) is 12.4 Å². The molecule has 0 fully saturated rings. The number of rotatable bonds is 8. The Kier molecular flexibility index (Phi) is 7.41. The molecule has 4 rings (SSSR count). The second-order valence-corrected chi connectivity index (χ2v) is 8.90. The van der Waals surface area contributed by atoms with Crippen molar-refractivity contribution in [1.82, 2.24) is 19.7 Å². The Morgan fingerprint density at radius 1 is 1.09 bits per heavy atom. The van der Waals surface area contributed by atoms with Crippen molar-refractivity contribution in [1.29, 1.82) is 0 Å². The molecule has 2 heterocycles. The van der Waals surface area contributed by atoms with Gasteiger partial charge in [-0.3, -0.25) is 14.3 Å². The number of amides is 1. The molecule has 0 aliphatic rings. The number of nitrogens with zero attached hydrogens (tertiary/aromatic N) is 4. The first-order chi connectivity index (χ1) is 16.0. The number of anilines is 1. The SMILES string of the molecule is CCOc1ccc(-n2c(SCC(=O)Nc3ccc(Br)c(C)c3)nnc2-c2ccncc2)cc1. The summed E-state index contributed by atoms with van der Waals surface area (Å²) in [6.45, 7) is 4.53. The maximum atomic E-state index is 12.6. The molecule has 0 aliphatic heterocycles. The first-order valence-corrected chi connectivity index (χ1v) is 12.1. The molecule has 1 amide bonds. The average molecular weight is 524 g/mol. The topological polar surface area (TPSA) is 81.9 Å². The minimum atomic E-state index is -0.117. The van der Waals surface area contributed by atoms with Crippen LogP contribution in [0.2, 0.25) is 0 Å². The summed E-state index contributed by atoms with van der Waals surface area (Å²) in [4.78, 5) is 16.7. The number of hydrogen-bond acceptors (Lipinski definition) is 6. The standard InChI is InChI=1S/C24H22BrN5O2S/c1-3-32-20-7-5-19(6-8-20)30-23(17-10-12-26-13-11-17)28-29-24(30)33-15-22(31)27-18-4-9-21(25)16(2)14-18/h4-14H,3,15H2,1-2H3,(H,27,31). The molecule has 1 N–H and O–H groups in total. The summed E-state index contributed by atoms with van der Waals surface area (Å²) < 4.78 is 8.50. The van der Waals surface area contributed by atoms with Gasteiger partial charge in [-0.05, 0) is 74.0 Å². The summed E-state index contributed by atoms with van der Waals surface area (Å²) in [5, 5.41) is 12.3. The van der Waals surface area contributed by atoms with E-state index < -0.39 is 0 Å². The number of ether oxygens (including phenoxy) is 1. The van der Waals surface area contributed by atoms with E-state index in [9.17, 15) is 4.79 Å². The Hall–Kier alpha value is -3.17. The van der Waals surface area contributed by atoms with Gasteiger partial charge in [-0.2, -0.15) is 0 Å². The van der Waals surface area contributed by atoms with E-state index in [-0.39, 0.29) is 11.7 Å². The molecular weight excluding hydrogens is 502 g/mol. The molecule has 2 aromatic heterocycles. The second kappa shape index (κ2) is 10.6. The van der Waals surface area contributed by atoms with Crippen molar-refractivity contribution < 1.29 is 9.53 Å². The molecular formula is C24H22BrN5O2S. The molecule has 0 aliphatic carbocycles. The van der Waals surface area contributed by atoms with Crippen LogP contribution in [0.5, 0.6) is 5.75 Å². The van der Waals surface area contributed by atoms with E-state index in [0.717, 1.165) is 32.7 Å². The molecule has 0 saturated heterocycles. The highest BCUT2D eigenvalue weighted by Crippen LogP contribution is 2.29. The van der Waals surface area contributed by atoms with Gasteiger partial charge in [0.2, 0.25) is 5.91 Å². The maximum absolute atomic E-state index is 12.6. The van der Waals surface area contributed by atoms with Crippen molar-refractivity contribution in [2.75, 3.05) is 17.7 Å². The number of thioether (sulfide) groups is 1. The zero-order chi connectivity index (χ0) is 23.2. The highest BCUT2D eigenvalue weighted by atomic mass is 79.9. The Balaban J connectivity index is 1.57. The van der Waals surface area contributed by atoms with Crippen molar-refractivity contribution in [3.8, 4) is 22.8 Å². The summed E-state index contributed by atoms with van der Waals surface area (Å²) in [5.74, 6) is 1.54. The summed E-state index contributed by atoms with van der Waals surface area (Å²) in [7, 11) is 0. The zero-order valence-electron chi connectivity index (χ0n) is 18.2. The van der Waals surface area contributed by atoms with Crippen LogP contribution in [0.1, 0.15) is 12.5 Å². The van der Waals surface area contributed by atoms with E-state index in [1.165, 1.54) is 11.8 Å². The fourth-order valence-corrected chi connectivity index (χ4v) is 4.19. The minimum absolute atomic E-state index is 0.117. The Morgan fingerprint density at radius 3 is 2.55 bits per heavy atom. The molecule has 0 unspecified atom stereocenters. The van der Waals surface area contributed by atoms with Crippen molar-refractivity contribution in [3.63, 3.8) is 0 Å². The Labute approximate surface area is 204 Å². The van der Waals surface area contributed by atoms with Gasteiger partial charge < -0.3 is 10.1 Å². The number of benzene rings is 2. The van der Waals surface area contributed by atoms with Crippen LogP contribution in [0.4, 0.5) is 5.69 Å². The number of carbonyl (C=O) groups is 1. The monoisotopic (exact) mass is 523 g/mol. The number of nitrogens with one attached hydrogen (secondary N) is 1. The molecule has 0 spiro atoms. The molecule has 0 atom stereocenters. The molecule has 33 heavy (non-hydrogen) atoms. The van der Waals surface area contributed by atoms with Crippen LogP contribution in [-0.4, -0.2) is 38.0 Å². The predicted molar refractivity (Wildman–Crippen MR) is 134 cm³/mol. The number of aromatic nitrogens is 4. The maximum Gasteiger partial charge on any atom is 0.234 e. The first kappa shape index (κ1) is 23.0. The fourth-order valence-electron chi connectivity index (χ4n) is 3.19. The smallest absolute Gasteiger partial charge is 0.234 e. The van der Waals surface area contributed by atoms with Crippen molar-refractivity contribution in [3.05, 3.63) is 77.0 Å². The molecule has 0 radical (unpaired) electrons. The highest BCUT2D eigenvalue weighted by Gasteiger charge is 2.17. The quantitative estimate of drug-likeness (QED) is 0.306. The lowest BCUT2D eigenvalue weighted by Crippen LogP contribution is -2.14. The van der Waals surface area contributed by atoms with E-state index >= 15 is 0 Å². The van der Waals surface area contributed by atoms with Gasteiger partial charge in [0.15, 0.2) is 11.0 Å². The van der Waals surface area contributed by atoms with Crippen molar-refractivity contribution >= 4 is 39.3 Å². The van der Waals surface area contributed by atoms with Crippen LogP contribution >= 0.6 is 27.7 Å². The van der Waals surface area contributed by atoms with Gasteiger partial charge in [-0.25, -0.2) is 0 Å². The van der Waals surface area contributed by atoms with Crippen LogP contribution in [0.25, 0.3) is 17.1 Å². The molecule has 9 heteroatoms. The zero-order valence-corrected chi connectivity index (χ0v) is 20.6. The summed E-state index contributed by atoms with van der Waals surface area (Å²) >= 11 is 4.80. The van der Waals surface area contributed by atoms with E-state index in [1.54, 1.807) is 12.4 Å². The summed E-state index contributed by atoms with van der Waals surface area (Å²) in [5.41, 5.74) is 3.57. The third-order valence-corrected chi connectivity index (χ3v) is 6.57. The Bertz CT molecular complexity index is 1250. The predicted octanol–water partition coefficient (Wildman–Crippen LogP) is 5.53. The molecule has 0 saturated carbocycles. The number of carbonyl (C=O) groups excluding carboxylic acids is 1. The van der Waals surface area contributed by atoms with Gasteiger partial charge in [-0.1, -0.05) is 27.7 Å². The summed E-state index contributed by atoms with van der Waals surface area (Å²) in [6, 6.07) is 17.2. The average Bonchev–Trinajstić information content (AvgIpc) is 3.25. The van der Waals surface area contributed by atoms with Crippen LogP contribution in [0.3, 0.4) is 0 Å². The molecule has 4 aromatic rings. The number of pyridine rings is 1. The first-order valence-electron chi connectivity index (χ1n) is 10.3. The van der Waals surface area contributed by atoms with Gasteiger partial charge in [0.1, 0.15) is 5.75 Å². The number of hydrogen-bond donors (Lipinski definition) is 1. The molecule has 2 aromatic carbocycles. The summed E-state index contributed by atoms with van der Waals surface area (Å²) in [6.07, 6.45) is 3.43. The largest absolute Gasteiger partial charge is 0.494 e. The fraction of sp³-hybridized carbons (Fsp3) is 0.167. The normalized spacial score (nSPS) is 10.8. The highest BCUT2D eigenvalue weighted by molar-refractivity contribution is 9.10. The third-order valence-electron chi connectivity index (χ3n) is 4.75. The number of halogens is 1. The molecule has 7 nitrogen and oxygen atoms in total. The third kappa shape index (κ3) is 5.61. The van der Waals surface area contributed by atoms with Gasteiger partial charge in [0.25, 0.3) is 0 Å². The van der Waals surface area contributed by atoms with Crippen LogP contribution in [-0.2, 0) is 4.79 Å². The lowest BCUT2D eigenvalue weighted by atomic mass is 10.2. The van der Waals surface area contributed by atoms with Crippen molar-refractivity contribution in [2.45, 2.75) is 19.0 Å². The lowest BCUT2D eigenvalue weighted by molar-refractivity contribution is -0.113. The van der Waals surface area contributed by atoms with E-state index in [4.69, 9.17) is 4.74 Å². The van der Waals surface area contributed by atoms with E-state index in [0.29, 0.717) is 17.6 Å². The number of aryl methyl sites for hydroxylation is 1. The minimum Gasteiger partial charge on any atom is -0.494 e. The Morgan fingerprint density at radius 2 is 1.85 bits per heavy atom. The van der Waals surface area contributed by atoms with Gasteiger partial charge in [0, 0.05) is 33.8 Å². The van der Waals surface area contributed by atoms with Crippen LogP contribution < -0.4 is 10.1 Å². The van der Waals surface area contributed by atoms with Crippen LogP contribution in [0.15, 0.2) is 76.6 Å². The van der Waals surface area contributed by atoms with Gasteiger partial charge in [-0.15, -0.1) is 10.2 Å². The lowest BCUT2D eigenvalue weighted by Gasteiger charge is -2.12. The second-order valence-electron chi connectivity index (χ2n) is 7.11. The van der Waals surface area contributed by atoms with Gasteiger partial charge >= 0.3 is 0 Å². The molecule has 168 valence electrons. The molecule has 0 bridgehead atoms. The van der Waals surface area contributed by atoms with Crippen LogP contribution in [0, 0.1) is 6.92 Å². The van der Waals surface area contributed by atoms with E-state index in [1.807, 2.05) is 73.0 Å². The van der Waals surface area contributed by atoms with Crippen molar-refractivity contribution in [2.24, 2.45) is 0 Å².